The van der Waals surface area contributed by atoms with Crippen LogP contribution in [0.15, 0.2) is 40.8 Å². The lowest BCUT2D eigenvalue weighted by Gasteiger charge is -2.22. The van der Waals surface area contributed by atoms with Gasteiger partial charge in [-0.15, -0.1) is 0 Å². The molecule has 10 nitrogen and oxygen atoms in total. The van der Waals surface area contributed by atoms with Gasteiger partial charge in [0.1, 0.15) is 10.5 Å². The highest BCUT2D eigenvalue weighted by Gasteiger charge is 2.26. The van der Waals surface area contributed by atoms with Crippen molar-refractivity contribution in [2.45, 2.75) is 45.4 Å². The Bertz CT molecular complexity index is 948. The largest absolute Gasteiger partial charge is 0.444 e. The number of benzene rings is 1. The molecule has 166 valence electrons. The van der Waals surface area contributed by atoms with Crippen LogP contribution in [0.25, 0.3) is 0 Å². The molecule has 1 saturated heterocycles. The number of anilines is 1. The Morgan fingerprint density at radius 3 is 2.55 bits per heavy atom. The second-order valence-electron chi connectivity index (χ2n) is 8.32. The van der Waals surface area contributed by atoms with Gasteiger partial charge in [0.15, 0.2) is 5.76 Å². The number of hydrogen-bond acceptors (Lipinski definition) is 7. The van der Waals surface area contributed by atoms with E-state index in [0.29, 0.717) is 6.54 Å². The molecule has 0 radical (unpaired) electrons. The number of carbonyl (C=O) groups excluding carboxylic acids is 2. The number of alkyl carbamates (subject to hydrolysis) is 1. The molecule has 1 aromatic carbocycles. The SMILES string of the molecule is CC(C)(C)OC(=O)N[C@H]1CCN(c2ccc(CNC(=O)c3ccc([N+](=O)[O-])o3)cc2)C1. The van der Waals surface area contributed by atoms with Crippen LogP contribution < -0.4 is 15.5 Å². The molecule has 10 heteroatoms. The van der Waals surface area contributed by atoms with E-state index in [0.717, 1.165) is 30.3 Å². The average molecular weight is 430 g/mol. The molecule has 2 N–H and O–H groups in total. The zero-order valence-corrected chi connectivity index (χ0v) is 17.7. The minimum Gasteiger partial charge on any atom is -0.444 e. The van der Waals surface area contributed by atoms with Crippen LogP contribution in [0.2, 0.25) is 0 Å². The van der Waals surface area contributed by atoms with Gasteiger partial charge in [-0.3, -0.25) is 14.9 Å². The lowest BCUT2D eigenvalue weighted by molar-refractivity contribution is -0.402. The molecule has 1 aliphatic rings. The van der Waals surface area contributed by atoms with E-state index >= 15 is 0 Å². The Morgan fingerprint density at radius 1 is 1.23 bits per heavy atom. The molecule has 0 unspecified atom stereocenters. The highest BCUT2D eigenvalue weighted by molar-refractivity contribution is 5.91. The fourth-order valence-electron chi connectivity index (χ4n) is 3.23. The normalized spacial score (nSPS) is 16.1. The molecule has 1 aromatic heterocycles. The highest BCUT2D eigenvalue weighted by Crippen LogP contribution is 2.21. The summed E-state index contributed by atoms with van der Waals surface area (Å²) in [4.78, 5) is 36.1. The Morgan fingerprint density at radius 2 is 1.94 bits per heavy atom. The highest BCUT2D eigenvalue weighted by atomic mass is 16.6. The van der Waals surface area contributed by atoms with Crippen LogP contribution in [0.4, 0.5) is 16.4 Å². The van der Waals surface area contributed by atoms with E-state index in [4.69, 9.17) is 9.15 Å². The number of hydrogen-bond donors (Lipinski definition) is 2. The van der Waals surface area contributed by atoms with Gasteiger partial charge in [0.25, 0.3) is 5.91 Å². The first kappa shape index (κ1) is 22.1. The molecule has 0 bridgehead atoms. The van der Waals surface area contributed by atoms with E-state index in [1.807, 2.05) is 45.0 Å². The molecule has 0 spiro atoms. The molecule has 2 heterocycles. The standard InChI is InChI=1S/C21H26N4O6/c1-21(2,3)31-20(27)23-15-10-11-24(13-15)16-6-4-14(5-7-16)12-22-19(26)17-8-9-18(30-17)25(28)29/h4-9,15H,10-13H2,1-3H3,(H,22,26)(H,23,27)/t15-/m0/s1. The average Bonchev–Trinajstić information content (AvgIpc) is 3.35. The summed E-state index contributed by atoms with van der Waals surface area (Å²) < 4.78 is 10.2. The zero-order valence-electron chi connectivity index (χ0n) is 17.7. The van der Waals surface area contributed by atoms with E-state index in [2.05, 4.69) is 15.5 Å². The lowest BCUT2D eigenvalue weighted by Crippen LogP contribution is -2.40. The fraction of sp³-hybridized carbons (Fsp3) is 0.429. The third kappa shape index (κ3) is 6.21. The fourth-order valence-corrected chi connectivity index (χ4v) is 3.23. The van der Waals surface area contributed by atoms with E-state index in [1.165, 1.54) is 6.07 Å². The molecule has 1 aliphatic heterocycles. The van der Waals surface area contributed by atoms with Crippen molar-refractivity contribution in [2.24, 2.45) is 0 Å². The van der Waals surface area contributed by atoms with Gasteiger partial charge in [0.2, 0.25) is 0 Å². The van der Waals surface area contributed by atoms with Crippen molar-refractivity contribution in [3.05, 3.63) is 57.8 Å². The third-order valence-corrected chi connectivity index (χ3v) is 4.66. The van der Waals surface area contributed by atoms with E-state index < -0.39 is 28.4 Å². The number of nitrogens with one attached hydrogen (secondary N) is 2. The molecular weight excluding hydrogens is 404 g/mol. The Hall–Kier alpha value is -3.56. The zero-order chi connectivity index (χ0) is 22.6. The molecule has 0 aliphatic carbocycles. The number of rotatable bonds is 6. The summed E-state index contributed by atoms with van der Waals surface area (Å²) in [6.07, 6.45) is 0.416. The maximum atomic E-state index is 12.1. The number of ether oxygens (including phenoxy) is 1. The van der Waals surface area contributed by atoms with Crippen molar-refractivity contribution in [1.82, 2.24) is 10.6 Å². The van der Waals surface area contributed by atoms with Crippen LogP contribution in [0.1, 0.15) is 43.3 Å². The van der Waals surface area contributed by atoms with Gasteiger partial charge in [-0.05, 0) is 51.0 Å². The summed E-state index contributed by atoms with van der Waals surface area (Å²) >= 11 is 0. The summed E-state index contributed by atoms with van der Waals surface area (Å²) in [5, 5.41) is 16.2. The van der Waals surface area contributed by atoms with E-state index in [-0.39, 0.29) is 18.3 Å². The Balaban J connectivity index is 1.48. The predicted octanol–water partition coefficient (Wildman–Crippen LogP) is 3.22. The number of amides is 2. The number of carbonyl (C=O) groups is 2. The van der Waals surface area contributed by atoms with Crippen molar-refractivity contribution in [3.63, 3.8) is 0 Å². The summed E-state index contributed by atoms with van der Waals surface area (Å²) in [5.41, 5.74) is 1.37. The maximum Gasteiger partial charge on any atom is 0.433 e. The summed E-state index contributed by atoms with van der Waals surface area (Å²) in [5.74, 6) is -1.10. The van der Waals surface area contributed by atoms with Crippen LogP contribution in [-0.4, -0.2) is 41.7 Å². The minimum absolute atomic E-state index is 0.0196. The van der Waals surface area contributed by atoms with Gasteiger partial charge in [0.05, 0.1) is 12.1 Å². The topological polar surface area (TPSA) is 127 Å². The second-order valence-corrected chi connectivity index (χ2v) is 8.32. The van der Waals surface area contributed by atoms with Crippen molar-refractivity contribution in [2.75, 3.05) is 18.0 Å². The van der Waals surface area contributed by atoms with E-state index in [9.17, 15) is 19.7 Å². The van der Waals surface area contributed by atoms with Crippen molar-refractivity contribution < 1.29 is 23.7 Å². The predicted molar refractivity (Wildman–Crippen MR) is 113 cm³/mol. The minimum atomic E-state index is -0.693. The quantitative estimate of drug-likeness (QED) is 0.532. The van der Waals surface area contributed by atoms with Crippen molar-refractivity contribution in [1.29, 1.82) is 0 Å². The smallest absolute Gasteiger partial charge is 0.433 e. The van der Waals surface area contributed by atoms with Crippen molar-refractivity contribution >= 4 is 23.6 Å². The molecule has 2 aromatic rings. The first-order chi connectivity index (χ1) is 14.6. The van der Waals surface area contributed by atoms with E-state index in [1.54, 1.807) is 0 Å². The summed E-state index contributed by atoms with van der Waals surface area (Å²) in [6.45, 7) is 7.25. The van der Waals surface area contributed by atoms with Crippen LogP contribution in [-0.2, 0) is 11.3 Å². The molecule has 0 saturated carbocycles. The number of nitro groups is 1. The first-order valence-electron chi connectivity index (χ1n) is 9.96. The number of furan rings is 1. The van der Waals surface area contributed by atoms with Gasteiger partial charge in [-0.1, -0.05) is 12.1 Å². The maximum absolute atomic E-state index is 12.1. The van der Waals surface area contributed by atoms with Crippen molar-refractivity contribution in [3.8, 4) is 0 Å². The first-order valence-corrected chi connectivity index (χ1v) is 9.96. The molecular formula is C21H26N4O6. The molecule has 2 amide bonds. The van der Waals surface area contributed by atoms with Crippen LogP contribution >= 0.6 is 0 Å². The van der Waals surface area contributed by atoms with Gasteiger partial charge < -0.3 is 24.7 Å². The molecule has 1 fully saturated rings. The van der Waals surface area contributed by atoms with Gasteiger partial charge >= 0.3 is 12.0 Å². The molecule has 3 rings (SSSR count). The summed E-state index contributed by atoms with van der Waals surface area (Å²) in [6, 6.07) is 10.1. The third-order valence-electron chi connectivity index (χ3n) is 4.66. The molecule has 1 atom stereocenters. The monoisotopic (exact) mass is 430 g/mol. The molecule has 31 heavy (non-hydrogen) atoms. The number of nitrogens with zero attached hydrogens (tertiary/aromatic N) is 2. The van der Waals surface area contributed by atoms with Crippen LogP contribution in [0.3, 0.4) is 0 Å². The van der Waals surface area contributed by atoms with Gasteiger partial charge in [-0.2, -0.15) is 0 Å². The van der Waals surface area contributed by atoms with Gasteiger partial charge in [-0.25, -0.2) is 4.79 Å². The lowest BCUT2D eigenvalue weighted by atomic mass is 10.2. The van der Waals surface area contributed by atoms with Gasteiger partial charge in [0, 0.05) is 25.3 Å². The Labute approximate surface area is 179 Å². The van der Waals surface area contributed by atoms with Crippen LogP contribution in [0.5, 0.6) is 0 Å². The Kier molecular flexibility index (Phi) is 6.47. The second kappa shape index (κ2) is 9.07. The summed E-state index contributed by atoms with van der Waals surface area (Å²) in [7, 11) is 0. The van der Waals surface area contributed by atoms with Crippen LogP contribution in [0, 0.1) is 10.1 Å².